The van der Waals surface area contributed by atoms with E-state index in [0.29, 0.717) is 17.9 Å². The topological polar surface area (TPSA) is 78.3 Å². The molecule has 19 heavy (non-hydrogen) atoms. The Kier molecular flexibility index (Phi) is 4.57. The highest BCUT2D eigenvalue weighted by atomic mass is 79.9. The highest BCUT2D eigenvalue weighted by Crippen LogP contribution is 2.30. The standard InChI is InChI=1S/C13H13BrN2O2S/c14-8-5-12(19-7-8)11(6-15)18-10-4-2-1-3-9(10)13(16)17/h1-5,7,11H,6,15H2,(H2,16,17). The van der Waals surface area contributed by atoms with E-state index in [-0.39, 0.29) is 6.10 Å². The first-order valence-corrected chi connectivity index (χ1v) is 7.28. The van der Waals surface area contributed by atoms with Crippen LogP contribution in [0.2, 0.25) is 0 Å². The lowest BCUT2D eigenvalue weighted by molar-refractivity contribution is 0.0993. The number of carbonyl (C=O) groups excluding carboxylic acids is 1. The van der Waals surface area contributed by atoms with E-state index in [2.05, 4.69) is 15.9 Å². The molecule has 0 bridgehead atoms. The number of primary amides is 1. The van der Waals surface area contributed by atoms with Gasteiger partial charge in [0.05, 0.1) is 5.56 Å². The summed E-state index contributed by atoms with van der Waals surface area (Å²) in [5.41, 5.74) is 11.4. The number of amides is 1. The molecule has 2 aromatic rings. The quantitative estimate of drug-likeness (QED) is 0.878. The maximum atomic E-state index is 11.3. The number of rotatable bonds is 5. The van der Waals surface area contributed by atoms with E-state index in [1.807, 2.05) is 11.4 Å². The van der Waals surface area contributed by atoms with Crippen LogP contribution in [0.15, 0.2) is 40.2 Å². The summed E-state index contributed by atoms with van der Waals surface area (Å²) < 4.78 is 6.80. The Morgan fingerprint density at radius 2 is 2.16 bits per heavy atom. The fourth-order valence-corrected chi connectivity index (χ4v) is 3.13. The molecule has 0 aliphatic rings. The molecule has 1 amide bonds. The van der Waals surface area contributed by atoms with Crippen molar-refractivity contribution in [2.75, 3.05) is 6.54 Å². The van der Waals surface area contributed by atoms with Gasteiger partial charge in [-0.2, -0.15) is 0 Å². The van der Waals surface area contributed by atoms with Crippen molar-refractivity contribution in [1.29, 1.82) is 0 Å². The summed E-state index contributed by atoms with van der Waals surface area (Å²) in [4.78, 5) is 12.3. The molecule has 1 unspecified atom stereocenters. The lowest BCUT2D eigenvalue weighted by Gasteiger charge is -2.17. The van der Waals surface area contributed by atoms with Gasteiger partial charge in [-0.05, 0) is 34.1 Å². The second-order valence-electron chi connectivity index (χ2n) is 3.87. The third kappa shape index (κ3) is 3.34. The van der Waals surface area contributed by atoms with E-state index in [1.54, 1.807) is 35.6 Å². The van der Waals surface area contributed by atoms with Gasteiger partial charge in [0, 0.05) is 21.3 Å². The van der Waals surface area contributed by atoms with Crippen LogP contribution in [0.4, 0.5) is 0 Å². The van der Waals surface area contributed by atoms with Crippen molar-refractivity contribution in [2.45, 2.75) is 6.10 Å². The average molecular weight is 341 g/mol. The van der Waals surface area contributed by atoms with Gasteiger partial charge in [-0.3, -0.25) is 4.79 Å². The van der Waals surface area contributed by atoms with Crippen molar-refractivity contribution in [2.24, 2.45) is 11.5 Å². The number of benzene rings is 1. The van der Waals surface area contributed by atoms with Gasteiger partial charge in [0.2, 0.25) is 0 Å². The molecule has 0 aliphatic carbocycles. The molecule has 6 heteroatoms. The average Bonchev–Trinajstić information content (AvgIpc) is 2.82. The number of para-hydroxylation sites is 1. The lowest BCUT2D eigenvalue weighted by Crippen LogP contribution is -2.20. The molecule has 4 nitrogen and oxygen atoms in total. The summed E-state index contributed by atoms with van der Waals surface area (Å²) in [5, 5.41) is 1.96. The Labute approximate surface area is 123 Å². The molecule has 0 saturated heterocycles. The Bertz CT molecular complexity index is 586. The highest BCUT2D eigenvalue weighted by molar-refractivity contribution is 9.10. The maximum absolute atomic E-state index is 11.3. The Hall–Kier alpha value is -1.37. The van der Waals surface area contributed by atoms with Crippen LogP contribution in [0.3, 0.4) is 0 Å². The van der Waals surface area contributed by atoms with Crippen LogP contribution < -0.4 is 16.2 Å². The molecule has 1 aromatic heterocycles. The number of thiophene rings is 1. The van der Waals surface area contributed by atoms with E-state index in [0.717, 1.165) is 9.35 Å². The van der Waals surface area contributed by atoms with Crippen molar-refractivity contribution in [3.05, 3.63) is 50.6 Å². The van der Waals surface area contributed by atoms with Crippen molar-refractivity contribution in [3.63, 3.8) is 0 Å². The zero-order chi connectivity index (χ0) is 13.8. The molecule has 0 spiro atoms. The molecule has 4 N–H and O–H groups in total. The van der Waals surface area contributed by atoms with Gasteiger partial charge < -0.3 is 16.2 Å². The van der Waals surface area contributed by atoms with Crippen LogP contribution in [0.25, 0.3) is 0 Å². The van der Waals surface area contributed by atoms with Crippen molar-refractivity contribution >= 4 is 33.2 Å². The van der Waals surface area contributed by atoms with Crippen molar-refractivity contribution in [1.82, 2.24) is 0 Å². The van der Waals surface area contributed by atoms with E-state index < -0.39 is 5.91 Å². The Balaban J connectivity index is 2.26. The molecule has 1 atom stereocenters. The minimum absolute atomic E-state index is 0.295. The van der Waals surface area contributed by atoms with E-state index in [9.17, 15) is 4.79 Å². The van der Waals surface area contributed by atoms with Crippen molar-refractivity contribution in [3.8, 4) is 5.75 Å². The van der Waals surface area contributed by atoms with Gasteiger partial charge in [0.1, 0.15) is 11.9 Å². The molecular formula is C13H13BrN2O2S. The third-order valence-corrected chi connectivity index (χ3v) is 4.33. The molecular weight excluding hydrogens is 328 g/mol. The predicted octanol–water partition coefficient (Wildman–Crippen LogP) is 2.69. The zero-order valence-corrected chi connectivity index (χ0v) is 12.4. The van der Waals surface area contributed by atoms with Gasteiger partial charge in [-0.1, -0.05) is 12.1 Å². The van der Waals surface area contributed by atoms with Crippen LogP contribution in [-0.4, -0.2) is 12.5 Å². The number of hydrogen-bond donors (Lipinski definition) is 2. The molecule has 2 rings (SSSR count). The summed E-state index contributed by atoms with van der Waals surface area (Å²) in [6, 6.07) is 8.84. The molecule has 100 valence electrons. The van der Waals surface area contributed by atoms with E-state index in [4.69, 9.17) is 16.2 Å². The highest BCUT2D eigenvalue weighted by Gasteiger charge is 2.17. The molecule has 0 fully saturated rings. The van der Waals surface area contributed by atoms with Crippen LogP contribution in [-0.2, 0) is 0 Å². The van der Waals surface area contributed by atoms with Crippen LogP contribution in [0.5, 0.6) is 5.75 Å². The first kappa shape index (κ1) is 14.0. The first-order chi connectivity index (χ1) is 9.11. The van der Waals surface area contributed by atoms with Gasteiger partial charge >= 0.3 is 0 Å². The van der Waals surface area contributed by atoms with E-state index in [1.165, 1.54) is 0 Å². The lowest BCUT2D eigenvalue weighted by atomic mass is 10.2. The summed E-state index contributed by atoms with van der Waals surface area (Å²) in [6.45, 7) is 0.319. The number of ether oxygens (including phenoxy) is 1. The zero-order valence-electron chi connectivity index (χ0n) is 10.0. The third-order valence-electron chi connectivity index (χ3n) is 2.54. The summed E-state index contributed by atoms with van der Waals surface area (Å²) in [5.74, 6) is -0.0614. The number of halogens is 1. The van der Waals surface area contributed by atoms with Crippen LogP contribution in [0, 0.1) is 0 Å². The second-order valence-corrected chi connectivity index (χ2v) is 5.73. The Morgan fingerprint density at radius 3 is 2.74 bits per heavy atom. The maximum Gasteiger partial charge on any atom is 0.252 e. The summed E-state index contributed by atoms with van der Waals surface area (Å²) >= 11 is 4.94. The summed E-state index contributed by atoms with van der Waals surface area (Å²) in [6.07, 6.45) is -0.295. The van der Waals surface area contributed by atoms with E-state index >= 15 is 0 Å². The molecule has 0 saturated carbocycles. The molecule has 1 heterocycles. The largest absolute Gasteiger partial charge is 0.483 e. The van der Waals surface area contributed by atoms with Gasteiger partial charge in [0.15, 0.2) is 0 Å². The fraction of sp³-hybridized carbons (Fsp3) is 0.154. The molecule has 1 aromatic carbocycles. The SMILES string of the molecule is NCC(Oc1ccccc1C(N)=O)c1cc(Br)cs1. The molecule has 0 aliphatic heterocycles. The monoisotopic (exact) mass is 340 g/mol. The molecule has 0 radical (unpaired) electrons. The predicted molar refractivity (Wildman–Crippen MR) is 79.4 cm³/mol. The van der Waals surface area contributed by atoms with Crippen LogP contribution >= 0.6 is 27.3 Å². The van der Waals surface area contributed by atoms with Gasteiger partial charge in [-0.25, -0.2) is 0 Å². The number of hydrogen-bond acceptors (Lipinski definition) is 4. The first-order valence-electron chi connectivity index (χ1n) is 5.61. The number of nitrogens with two attached hydrogens (primary N) is 2. The second kappa shape index (κ2) is 6.18. The minimum atomic E-state index is -0.515. The number of carbonyl (C=O) groups is 1. The van der Waals surface area contributed by atoms with Crippen LogP contribution in [0.1, 0.15) is 21.3 Å². The minimum Gasteiger partial charge on any atom is -0.483 e. The fourth-order valence-electron chi connectivity index (χ4n) is 1.65. The normalized spacial score (nSPS) is 12.1. The summed E-state index contributed by atoms with van der Waals surface area (Å²) in [7, 11) is 0. The van der Waals surface area contributed by atoms with Gasteiger partial charge in [-0.15, -0.1) is 11.3 Å². The van der Waals surface area contributed by atoms with Gasteiger partial charge in [0.25, 0.3) is 5.91 Å². The van der Waals surface area contributed by atoms with Crippen molar-refractivity contribution < 1.29 is 9.53 Å². The Morgan fingerprint density at radius 1 is 1.42 bits per heavy atom. The smallest absolute Gasteiger partial charge is 0.252 e.